The van der Waals surface area contributed by atoms with Crippen molar-refractivity contribution in [3.05, 3.63) is 0 Å². The molecule has 1 heterocycles. The van der Waals surface area contributed by atoms with Crippen LogP contribution in [0.3, 0.4) is 0 Å². The first kappa shape index (κ1) is 24.1. The third-order valence-corrected chi connectivity index (χ3v) is 3.43. The van der Waals surface area contributed by atoms with Crippen LogP contribution < -0.4 is 5.32 Å². The van der Waals surface area contributed by atoms with Crippen molar-refractivity contribution in [1.29, 1.82) is 0 Å². The highest BCUT2D eigenvalue weighted by Crippen LogP contribution is 2.19. The number of aliphatic hydroxyl groups is 9. The highest BCUT2D eigenvalue weighted by atomic mass is 16.6. The van der Waals surface area contributed by atoms with Crippen molar-refractivity contribution in [2.24, 2.45) is 0 Å². The van der Waals surface area contributed by atoms with E-state index in [9.17, 15) is 20.1 Å². The lowest BCUT2D eigenvalue weighted by atomic mass is 9.97. The molecular weight excluding hydrogens is 346 g/mol. The van der Waals surface area contributed by atoms with Crippen LogP contribution in [0.1, 0.15) is 6.92 Å². The number of carbonyl (C=O) groups excluding carboxylic acids is 1. The molecule has 0 spiro atoms. The Morgan fingerprint density at radius 3 is 1.84 bits per heavy atom. The van der Waals surface area contributed by atoms with Crippen LogP contribution in [0.5, 0.6) is 0 Å². The number of amides is 1. The summed E-state index contributed by atoms with van der Waals surface area (Å²) < 4.78 is 4.81. The number of nitrogens with one attached hydrogen (secondary N) is 1. The third kappa shape index (κ3) is 7.45. The molecule has 10 N–H and O–H groups in total. The first-order chi connectivity index (χ1) is 11.6. The number of ether oxygens (including phenoxy) is 1. The van der Waals surface area contributed by atoms with Gasteiger partial charge in [-0.3, -0.25) is 4.79 Å². The molecule has 150 valence electrons. The summed E-state index contributed by atoms with van der Waals surface area (Å²) in [4.78, 5) is 10.7. The molecule has 1 fully saturated rings. The minimum absolute atomic E-state index is 0.462. The van der Waals surface area contributed by atoms with Crippen molar-refractivity contribution in [3.63, 3.8) is 0 Å². The van der Waals surface area contributed by atoms with E-state index in [4.69, 9.17) is 35.4 Å². The molecule has 0 saturated carbocycles. The van der Waals surface area contributed by atoms with Gasteiger partial charge in [0.05, 0.1) is 19.8 Å². The molecule has 0 aromatic heterocycles. The molecule has 12 heteroatoms. The van der Waals surface area contributed by atoms with E-state index in [-0.39, 0.29) is 0 Å². The topological polar surface area (TPSA) is 220 Å². The van der Waals surface area contributed by atoms with Crippen LogP contribution in [0.25, 0.3) is 0 Å². The molecule has 0 aliphatic carbocycles. The lowest BCUT2D eigenvalue weighted by Crippen LogP contribution is -2.63. The summed E-state index contributed by atoms with van der Waals surface area (Å²) in [6.45, 7) is -0.595. The number of rotatable bonds is 6. The molecule has 0 aromatic carbocycles. The highest BCUT2D eigenvalue weighted by molar-refractivity contribution is 5.73. The van der Waals surface area contributed by atoms with Gasteiger partial charge in [0.25, 0.3) is 0 Å². The molecule has 1 saturated heterocycles. The van der Waals surface area contributed by atoms with Crippen LogP contribution in [0.2, 0.25) is 0 Å². The molecule has 25 heavy (non-hydrogen) atoms. The van der Waals surface area contributed by atoms with Crippen LogP contribution >= 0.6 is 0 Å². The van der Waals surface area contributed by atoms with Gasteiger partial charge >= 0.3 is 0 Å². The van der Waals surface area contributed by atoms with Gasteiger partial charge in [-0.15, -0.1) is 0 Å². The molecule has 1 aliphatic heterocycles. The maximum absolute atomic E-state index is 10.7. The van der Waals surface area contributed by atoms with E-state index in [2.05, 4.69) is 5.32 Å². The van der Waals surface area contributed by atoms with Gasteiger partial charge in [-0.25, -0.2) is 0 Å². The highest BCUT2D eigenvalue weighted by Gasteiger charge is 2.43. The SMILES string of the molecule is CC(=O)N[C@@H]1[C@@H](O)[C@H](O)[C@@H](CO)O[C@@H]1O.OC[C@@H](O)[C@@H](O)[C@@H](O)CO. The van der Waals surface area contributed by atoms with Crippen molar-refractivity contribution < 1.29 is 55.5 Å². The summed E-state index contributed by atoms with van der Waals surface area (Å²) in [5.74, 6) is -0.462. The van der Waals surface area contributed by atoms with Crippen molar-refractivity contribution in [1.82, 2.24) is 5.32 Å². The smallest absolute Gasteiger partial charge is 0.217 e. The van der Waals surface area contributed by atoms with Gasteiger partial charge in [-0.05, 0) is 0 Å². The van der Waals surface area contributed by atoms with Crippen LogP contribution in [0.4, 0.5) is 0 Å². The fourth-order valence-corrected chi connectivity index (χ4v) is 1.96. The molecule has 0 bridgehead atoms. The molecule has 8 atom stereocenters. The zero-order valence-electron chi connectivity index (χ0n) is 13.6. The first-order valence-corrected chi connectivity index (χ1v) is 7.44. The maximum atomic E-state index is 10.7. The second kappa shape index (κ2) is 11.6. The van der Waals surface area contributed by atoms with Gasteiger partial charge in [0, 0.05) is 6.92 Å². The summed E-state index contributed by atoms with van der Waals surface area (Å²) >= 11 is 0. The molecule has 1 amide bonds. The molecule has 0 radical (unpaired) electrons. The summed E-state index contributed by atoms with van der Waals surface area (Å²) in [5.41, 5.74) is 0. The van der Waals surface area contributed by atoms with Crippen molar-refractivity contribution in [2.45, 2.75) is 55.9 Å². The van der Waals surface area contributed by atoms with Gasteiger partial charge in [0.2, 0.25) is 5.91 Å². The minimum Gasteiger partial charge on any atom is -0.394 e. The van der Waals surface area contributed by atoms with Crippen molar-refractivity contribution in [3.8, 4) is 0 Å². The Bertz CT molecular complexity index is 375. The zero-order valence-corrected chi connectivity index (χ0v) is 13.6. The molecule has 12 nitrogen and oxygen atoms in total. The predicted octanol–water partition coefficient (Wildman–Crippen LogP) is -6.02. The van der Waals surface area contributed by atoms with E-state index in [1.54, 1.807) is 0 Å². The van der Waals surface area contributed by atoms with E-state index < -0.39 is 74.7 Å². The monoisotopic (exact) mass is 373 g/mol. The Labute approximate surface area is 143 Å². The van der Waals surface area contributed by atoms with Crippen LogP contribution in [0, 0.1) is 0 Å². The van der Waals surface area contributed by atoms with Gasteiger partial charge in [0.1, 0.15) is 42.7 Å². The van der Waals surface area contributed by atoms with E-state index in [1.807, 2.05) is 0 Å². The summed E-state index contributed by atoms with van der Waals surface area (Å²) in [6, 6.07) is -1.10. The molecule has 0 aromatic rings. The van der Waals surface area contributed by atoms with Crippen LogP contribution in [-0.2, 0) is 9.53 Å². The quantitative estimate of drug-likeness (QED) is 0.211. The number of carbonyl (C=O) groups is 1. The Hall–Kier alpha value is -0.930. The van der Waals surface area contributed by atoms with E-state index in [0.717, 1.165) is 0 Å². The summed E-state index contributed by atoms with van der Waals surface area (Å²) in [6.07, 6.45) is -9.53. The average Bonchev–Trinajstić information content (AvgIpc) is 2.59. The zero-order chi connectivity index (χ0) is 19.7. The van der Waals surface area contributed by atoms with E-state index in [0.29, 0.717) is 0 Å². The van der Waals surface area contributed by atoms with Gasteiger partial charge < -0.3 is 56.0 Å². The summed E-state index contributed by atoms with van der Waals surface area (Å²) in [7, 11) is 0. The van der Waals surface area contributed by atoms with Gasteiger partial charge in [0.15, 0.2) is 6.29 Å². The Morgan fingerprint density at radius 1 is 1.00 bits per heavy atom. The Kier molecular flexibility index (Phi) is 11.2. The molecule has 0 unspecified atom stereocenters. The maximum Gasteiger partial charge on any atom is 0.217 e. The normalized spacial score (nSPS) is 32.8. The second-order valence-electron chi connectivity index (χ2n) is 5.45. The van der Waals surface area contributed by atoms with Crippen molar-refractivity contribution >= 4 is 5.91 Å². The van der Waals surface area contributed by atoms with E-state index in [1.165, 1.54) is 6.92 Å². The number of aliphatic hydroxyl groups excluding tert-OH is 9. The first-order valence-electron chi connectivity index (χ1n) is 7.44. The molecule has 1 rings (SSSR count). The summed E-state index contributed by atoms with van der Waals surface area (Å²) in [5, 5.41) is 82.0. The largest absolute Gasteiger partial charge is 0.394 e. The van der Waals surface area contributed by atoms with E-state index >= 15 is 0 Å². The number of hydrogen-bond donors (Lipinski definition) is 10. The van der Waals surface area contributed by atoms with Crippen molar-refractivity contribution in [2.75, 3.05) is 19.8 Å². The minimum atomic E-state index is -1.49. The Balaban J connectivity index is 0.000000504. The fraction of sp³-hybridized carbons (Fsp3) is 0.923. The molecule has 1 aliphatic rings. The Morgan fingerprint density at radius 2 is 1.48 bits per heavy atom. The average molecular weight is 373 g/mol. The predicted molar refractivity (Wildman–Crippen MR) is 79.8 cm³/mol. The standard InChI is InChI=1S/C8H15NO6.C5H12O5/c1-3(11)9-5-7(13)6(12)4(2-10)15-8(5)14;6-1-3(8)5(10)4(9)2-7/h4-8,10,12-14H,2H2,1H3,(H,9,11);3-10H,1-2H2/t4-,5-,6-,7-,8+;3-,4+,5-/m1./s1. The van der Waals surface area contributed by atoms with Crippen LogP contribution in [0.15, 0.2) is 0 Å². The lowest BCUT2D eigenvalue weighted by Gasteiger charge is -2.40. The van der Waals surface area contributed by atoms with Gasteiger partial charge in [-0.2, -0.15) is 0 Å². The third-order valence-electron chi connectivity index (χ3n) is 3.43. The van der Waals surface area contributed by atoms with Crippen LogP contribution in [-0.4, -0.2) is 121 Å². The van der Waals surface area contributed by atoms with Gasteiger partial charge in [-0.1, -0.05) is 0 Å². The number of hydrogen-bond acceptors (Lipinski definition) is 11. The lowest BCUT2D eigenvalue weighted by molar-refractivity contribution is -0.253. The second-order valence-corrected chi connectivity index (χ2v) is 5.45. The molecular formula is C13H27NO11. The fourth-order valence-electron chi connectivity index (χ4n) is 1.96.